The van der Waals surface area contributed by atoms with E-state index in [0.717, 1.165) is 40.2 Å². The Labute approximate surface area is 203 Å². The van der Waals surface area contributed by atoms with Gasteiger partial charge in [-0.15, -0.1) is 0 Å². The predicted molar refractivity (Wildman–Crippen MR) is 134 cm³/mol. The van der Waals surface area contributed by atoms with Crippen molar-refractivity contribution in [2.24, 2.45) is 0 Å². The zero-order valence-corrected chi connectivity index (χ0v) is 20.3. The maximum absolute atomic E-state index is 13.0. The van der Waals surface area contributed by atoms with Gasteiger partial charge in [-0.3, -0.25) is 0 Å². The number of hydrogen-bond donors (Lipinski definition) is 2. The van der Waals surface area contributed by atoms with Crippen molar-refractivity contribution in [3.63, 3.8) is 0 Å². The monoisotopic (exact) mass is 502 g/mol. The SMILES string of the molecule is Cc1ccc(S(=O)(=O)N[C@@H]2CCC[C@H](n3c4ccc(Cl)cc4c4cc(Cl)ccc43)[C@H]2O)cc1. The first-order valence-electron chi connectivity index (χ1n) is 10.9. The number of rotatable bonds is 4. The molecule has 0 spiro atoms. The van der Waals surface area contributed by atoms with Crippen LogP contribution >= 0.6 is 23.2 Å². The zero-order chi connectivity index (χ0) is 23.3. The second kappa shape index (κ2) is 8.60. The van der Waals surface area contributed by atoms with Crippen molar-refractivity contribution in [2.45, 2.75) is 49.3 Å². The van der Waals surface area contributed by atoms with Crippen LogP contribution in [0.25, 0.3) is 21.8 Å². The van der Waals surface area contributed by atoms with Crippen LogP contribution in [0.4, 0.5) is 0 Å². The fourth-order valence-electron chi connectivity index (χ4n) is 4.91. The highest BCUT2D eigenvalue weighted by atomic mass is 35.5. The van der Waals surface area contributed by atoms with Crippen molar-refractivity contribution >= 4 is 55.0 Å². The molecule has 1 aliphatic rings. The van der Waals surface area contributed by atoms with Crippen LogP contribution in [0.15, 0.2) is 65.6 Å². The number of aliphatic hydroxyl groups excluding tert-OH is 1. The molecule has 3 aromatic carbocycles. The molecule has 1 fully saturated rings. The molecule has 1 saturated carbocycles. The molecule has 3 atom stereocenters. The Morgan fingerprint density at radius 3 is 2.06 bits per heavy atom. The molecule has 0 radical (unpaired) electrons. The first-order valence-corrected chi connectivity index (χ1v) is 13.1. The van der Waals surface area contributed by atoms with Gasteiger partial charge in [0, 0.05) is 31.9 Å². The largest absolute Gasteiger partial charge is 0.389 e. The van der Waals surface area contributed by atoms with Crippen LogP contribution in [0.3, 0.4) is 0 Å². The molecular formula is C25H24Cl2N2O3S. The summed E-state index contributed by atoms with van der Waals surface area (Å²) in [5.41, 5.74) is 2.85. The summed E-state index contributed by atoms with van der Waals surface area (Å²) in [4.78, 5) is 0.198. The number of fused-ring (bicyclic) bond motifs is 3. The van der Waals surface area contributed by atoms with Gasteiger partial charge >= 0.3 is 0 Å². The second-order valence-corrected chi connectivity index (χ2v) is 11.3. The summed E-state index contributed by atoms with van der Waals surface area (Å²) in [6.07, 6.45) is 1.18. The van der Waals surface area contributed by atoms with Crippen LogP contribution in [0.1, 0.15) is 30.9 Å². The lowest BCUT2D eigenvalue weighted by Gasteiger charge is -2.36. The molecule has 2 N–H and O–H groups in total. The quantitative estimate of drug-likeness (QED) is 0.368. The molecule has 5 nitrogen and oxygen atoms in total. The number of nitrogens with one attached hydrogen (secondary N) is 1. The minimum atomic E-state index is -3.75. The molecule has 5 rings (SSSR count). The van der Waals surface area contributed by atoms with E-state index in [1.807, 2.05) is 43.3 Å². The number of aryl methyl sites for hydroxylation is 1. The van der Waals surface area contributed by atoms with Gasteiger partial charge in [0.2, 0.25) is 10.0 Å². The van der Waals surface area contributed by atoms with Crippen molar-refractivity contribution < 1.29 is 13.5 Å². The van der Waals surface area contributed by atoms with E-state index in [1.165, 1.54) is 0 Å². The first-order chi connectivity index (χ1) is 15.7. The maximum atomic E-state index is 13.0. The van der Waals surface area contributed by atoms with E-state index >= 15 is 0 Å². The molecule has 1 aromatic heterocycles. The van der Waals surface area contributed by atoms with Crippen LogP contribution in [0.5, 0.6) is 0 Å². The van der Waals surface area contributed by atoms with Gasteiger partial charge in [-0.05, 0) is 74.7 Å². The van der Waals surface area contributed by atoms with Gasteiger partial charge in [0.15, 0.2) is 0 Å². The average Bonchev–Trinajstić information content (AvgIpc) is 3.08. The molecule has 172 valence electrons. The lowest BCUT2D eigenvalue weighted by atomic mass is 9.88. The van der Waals surface area contributed by atoms with E-state index in [0.29, 0.717) is 16.5 Å². The predicted octanol–water partition coefficient (Wildman–Crippen LogP) is 5.84. The fourth-order valence-corrected chi connectivity index (χ4v) is 6.54. The summed E-state index contributed by atoms with van der Waals surface area (Å²) in [7, 11) is -3.75. The van der Waals surface area contributed by atoms with Crippen molar-refractivity contribution in [1.29, 1.82) is 0 Å². The standard InChI is InChI=1S/C25H24Cl2N2O3S/c1-15-5-9-18(10-6-15)33(31,32)28-21-3-2-4-24(25(21)30)29-22-11-7-16(26)13-19(22)20-14-17(27)8-12-23(20)29/h5-14,21,24-25,28,30H,2-4H2,1H3/t21-,24+,25+/m1/s1. The van der Waals surface area contributed by atoms with Gasteiger partial charge in [0.05, 0.1) is 23.1 Å². The molecule has 8 heteroatoms. The minimum Gasteiger partial charge on any atom is -0.389 e. The number of halogens is 2. The van der Waals surface area contributed by atoms with Crippen molar-refractivity contribution in [1.82, 2.24) is 9.29 Å². The van der Waals surface area contributed by atoms with Gasteiger partial charge in [-0.1, -0.05) is 40.9 Å². The molecule has 0 saturated heterocycles. The Morgan fingerprint density at radius 2 is 1.48 bits per heavy atom. The highest BCUT2D eigenvalue weighted by Gasteiger charge is 2.37. The summed E-state index contributed by atoms with van der Waals surface area (Å²) < 4.78 is 30.8. The molecule has 1 heterocycles. The molecule has 33 heavy (non-hydrogen) atoms. The Morgan fingerprint density at radius 1 is 0.909 bits per heavy atom. The molecule has 0 unspecified atom stereocenters. The molecular weight excluding hydrogens is 479 g/mol. The van der Waals surface area contributed by atoms with Crippen LogP contribution in [0, 0.1) is 6.92 Å². The number of hydrogen-bond acceptors (Lipinski definition) is 3. The summed E-state index contributed by atoms with van der Waals surface area (Å²) in [6, 6.07) is 17.2. The smallest absolute Gasteiger partial charge is 0.240 e. The summed E-state index contributed by atoms with van der Waals surface area (Å²) >= 11 is 12.6. The van der Waals surface area contributed by atoms with Gasteiger partial charge in [-0.2, -0.15) is 0 Å². The van der Waals surface area contributed by atoms with Crippen LogP contribution in [-0.4, -0.2) is 30.2 Å². The third kappa shape index (κ3) is 4.15. The zero-order valence-electron chi connectivity index (χ0n) is 18.0. The van der Waals surface area contributed by atoms with Crippen LogP contribution in [-0.2, 0) is 10.0 Å². The Hall–Kier alpha value is -2.09. The highest BCUT2D eigenvalue weighted by Crippen LogP contribution is 2.39. The highest BCUT2D eigenvalue weighted by molar-refractivity contribution is 7.89. The maximum Gasteiger partial charge on any atom is 0.240 e. The number of aliphatic hydroxyl groups is 1. The number of benzene rings is 3. The lowest BCUT2D eigenvalue weighted by Crippen LogP contribution is -2.49. The van der Waals surface area contributed by atoms with Gasteiger partial charge < -0.3 is 9.67 Å². The normalized spacial score (nSPS) is 21.6. The average molecular weight is 503 g/mol. The molecule has 0 amide bonds. The summed E-state index contributed by atoms with van der Waals surface area (Å²) in [5, 5.41) is 14.5. The van der Waals surface area contributed by atoms with Crippen LogP contribution in [0.2, 0.25) is 10.0 Å². The number of aromatic nitrogens is 1. The van der Waals surface area contributed by atoms with E-state index in [-0.39, 0.29) is 10.9 Å². The second-order valence-electron chi connectivity index (χ2n) is 8.72. The topological polar surface area (TPSA) is 71.3 Å². The minimum absolute atomic E-state index is 0.198. The van der Waals surface area contributed by atoms with Crippen LogP contribution < -0.4 is 4.72 Å². The molecule has 0 bridgehead atoms. The van der Waals surface area contributed by atoms with E-state index in [9.17, 15) is 13.5 Å². The van der Waals surface area contributed by atoms with Crippen molar-refractivity contribution in [2.75, 3.05) is 0 Å². The summed E-state index contributed by atoms with van der Waals surface area (Å²) in [6.45, 7) is 1.91. The number of sulfonamides is 1. The summed E-state index contributed by atoms with van der Waals surface area (Å²) in [5.74, 6) is 0. The third-order valence-corrected chi connectivity index (χ3v) is 8.49. The van der Waals surface area contributed by atoms with E-state index < -0.39 is 22.2 Å². The van der Waals surface area contributed by atoms with Crippen molar-refractivity contribution in [3.8, 4) is 0 Å². The Bertz CT molecular complexity index is 1390. The fraction of sp³-hybridized carbons (Fsp3) is 0.280. The molecule has 4 aromatic rings. The number of nitrogens with zero attached hydrogens (tertiary/aromatic N) is 1. The lowest BCUT2D eigenvalue weighted by molar-refractivity contribution is 0.0547. The molecule has 1 aliphatic carbocycles. The Balaban J connectivity index is 1.54. The van der Waals surface area contributed by atoms with E-state index in [4.69, 9.17) is 23.2 Å². The van der Waals surface area contributed by atoms with Gasteiger partial charge in [0.25, 0.3) is 0 Å². The van der Waals surface area contributed by atoms with Gasteiger partial charge in [-0.25, -0.2) is 13.1 Å². The third-order valence-electron chi connectivity index (χ3n) is 6.52. The molecule has 0 aliphatic heterocycles. The Kier molecular flexibility index (Phi) is 5.91. The van der Waals surface area contributed by atoms with E-state index in [2.05, 4.69) is 9.29 Å². The van der Waals surface area contributed by atoms with Crippen molar-refractivity contribution in [3.05, 3.63) is 76.3 Å². The van der Waals surface area contributed by atoms with Gasteiger partial charge in [0.1, 0.15) is 0 Å². The van der Waals surface area contributed by atoms with E-state index in [1.54, 1.807) is 24.3 Å². The first kappa shape index (κ1) is 22.7.